The van der Waals surface area contributed by atoms with E-state index in [0.29, 0.717) is 6.04 Å². The van der Waals surface area contributed by atoms with Crippen LogP contribution in [-0.4, -0.2) is 6.04 Å². The van der Waals surface area contributed by atoms with Crippen LogP contribution in [0.1, 0.15) is 49.8 Å². The third-order valence-corrected chi connectivity index (χ3v) is 4.86. The van der Waals surface area contributed by atoms with Gasteiger partial charge in [-0.1, -0.05) is 30.7 Å². The second-order valence-electron chi connectivity index (χ2n) is 6.03. The standard InChI is InChI=1S/C16H23N/c1-11-5-3-4-6-15(11)12(2)17-16-10-13-7-8-14(16)9-13/h3-6,12-14,16-17H,7-10H2,1-2H3. The van der Waals surface area contributed by atoms with Gasteiger partial charge in [-0.05, 0) is 56.1 Å². The van der Waals surface area contributed by atoms with E-state index >= 15 is 0 Å². The molecule has 2 saturated carbocycles. The molecule has 1 N–H and O–H groups in total. The lowest BCUT2D eigenvalue weighted by atomic mass is 9.93. The minimum absolute atomic E-state index is 0.501. The normalized spacial score (nSPS) is 32.9. The van der Waals surface area contributed by atoms with Crippen LogP contribution < -0.4 is 5.32 Å². The van der Waals surface area contributed by atoms with Gasteiger partial charge >= 0.3 is 0 Å². The monoisotopic (exact) mass is 229 g/mol. The first kappa shape index (κ1) is 11.3. The Morgan fingerprint density at radius 2 is 2.00 bits per heavy atom. The van der Waals surface area contributed by atoms with E-state index < -0.39 is 0 Å². The Kier molecular flexibility index (Phi) is 2.96. The molecule has 0 amide bonds. The van der Waals surface area contributed by atoms with E-state index in [2.05, 4.69) is 43.4 Å². The maximum Gasteiger partial charge on any atom is 0.0297 e. The SMILES string of the molecule is Cc1ccccc1C(C)NC1CC2CCC1C2. The van der Waals surface area contributed by atoms with E-state index in [1.807, 2.05) is 0 Å². The zero-order valence-electron chi connectivity index (χ0n) is 10.9. The van der Waals surface area contributed by atoms with Crippen LogP contribution in [0.4, 0.5) is 0 Å². The molecule has 1 heteroatoms. The molecular formula is C16H23N. The summed E-state index contributed by atoms with van der Waals surface area (Å²) in [5.41, 5.74) is 2.88. The summed E-state index contributed by atoms with van der Waals surface area (Å²) in [4.78, 5) is 0. The highest BCUT2D eigenvalue weighted by Crippen LogP contribution is 2.45. The summed E-state index contributed by atoms with van der Waals surface area (Å²) >= 11 is 0. The minimum atomic E-state index is 0.501. The molecule has 1 aromatic rings. The largest absolute Gasteiger partial charge is 0.307 e. The van der Waals surface area contributed by atoms with Gasteiger partial charge in [0, 0.05) is 12.1 Å². The first-order valence-corrected chi connectivity index (χ1v) is 7.05. The van der Waals surface area contributed by atoms with E-state index in [0.717, 1.165) is 17.9 Å². The number of benzene rings is 1. The molecule has 1 nitrogen and oxygen atoms in total. The predicted octanol–water partition coefficient (Wildman–Crippen LogP) is 3.83. The van der Waals surface area contributed by atoms with Gasteiger partial charge in [0.25, 0.3) is 0 Å². The number of nitrogens with one attached hydrogen (secondary N) is 1. The van der Waals surface area contributed by atoms with Crippen LogP contribution >= 0.6 is 0 Å². The fourth-order valence-electron chi connectivity index (χ4n) is 3.93. The zero-order chi connectivity index (χ0) is 11.8. The van der Waals surface area contributed by atoms with Crippen molar-refractivity contribution in [2.45, 2.75) is 51.6 Å². The molecule has 4 unspecified atom stereocenters. The van der Waals surface area contributed by atoms with Crippen molar-refractivity contribution < 1.29 is 0 Å². The van der Waals surface area contributed by atoms with E-state index in [-0.39, 0.29) is 0 Å². The molecule has 0 heterocycles. The van der Waals surface area contributed by atoms with Crippen LogP contribution in [0.2, 0.25) is 0 Å². The summed E-state index contributed by atoms with van der Waals surface area (Å²) < 4.78 is 0. The summed E-state index contributed by atoms with van der Waals surface area (Å²) in [5.74, 6) is 1.99. The smallest absolute Gasteiger partial charge is 0.0297 e. The van der Waals surface area contributed by atoms with Gasteiger partial charge in [0.05, 0.1) is 0 Å². The van der Waals surface area contributed by atoms with Crippen molar-refractivity contribution in [3.63, 3.8) is 0 Å². The number of fused-ring (bicyclic) bond motifs is 2. The molecular weight excluding hydrogens is 206 g/mol. The summed E-state index contributed by atoms with van der Waals surface area (Å²) in [6, 6.07) is 10.0. The van der Waals surface area contributed by atoms with E-state index in [1.54, 1.807) is 0 Å². The molecule has 0 radical (unpaired) electrons. The van der Waals surface area contributed by atoms with E-state index in [4.69, 9.17) is 0 Å². The Morgan fingerprint density at radius 1 is 1.18 bits per heavy atom. The highest BCUT2D eigenvalue weighted by atomic mass is 15.0. The third kappa shape index (κ3) is 2.13. The van der Waals surface area contributed by atoms with Gasteiger partial charge in [-0.25, -0.2) is 0 Å². The third-order valence-electron chi connectivity index (χ3n) is 4.86. The molecule has 2 aliphatic rings. The quantitative estimate of drug-likeness (QED) is 0.830. The van der Waals surface area contributed by atoms with Gasteiger partial charge in [-0.2, -0.15) is 0 Å². The molecule has 0 aromatic heterocycles. The molecule has 3 rings (SSSR count). The van der Waals surface area contributed by atoms with E-state index in [9.17, 15) is 0 Å². The van der Waals surface area contributed by atoms with E-state index in [1.165, 1.54) is 36.8 Å². The first-order chi connectivity index (χ1) is 8.24. The Balaban J connectivity index is 1.68. The van der Waals surface area contributed by atoms with Crippen molar-refractivity contribution in [2.75, 3.05) is 0 Å². The van der Waals surface area contributed by atoms with Gasteiger partial charge in [-0.15, -0.1) is 0 Å². The molecule has 0 saturated heterocycles. The predicted molar refractivity (Wildman–Crippen MR) is 72.0 cm³/mol. The number of rotatable bonds is 3. The molecule has 2 aliphatic carbocycles. The molecule has 2 fully saturated rings. The lowest BCUT2D eigenvalue weighted by molar-refractivity contribution is 0.326. The van der Waals surface area contributed by atoms with Crippen LogP contribution in [-0.2, 0) is 0 Å². The van der Waals surface area contributed by atoms with Crippen molar-refractivity contribution >= 4 is 0 Å². The second kappa shape index (κ2) is 4.45. The highest BCUT2D eigenvalue weighted by Gasteiger charge is 2.39. The van der Waals surface area contributed by atoms with Crippen LogP contribution in [0.3, 0.4) is 0 Å². The molecule has 17 heavy (non-hydrogen) atoms. The molecule has 4 atom stereocenters. The molecule has 1 aromatic carbocycles. The van der Waals surface area contributed by atoms with Gasteiger partial charge in [-0.3, -0.25) is 0 Å². The van der Waals surface area contributed by atoms with Crippen LogP contribution in [0.15, 0.2) is 24.3 Å². The minimum Gasteiger partial charge on any atom is -0.307 e. The van der Waals surface area contributed by atoms with Crippen molar-refractivity contribution in [1.29, 1.82) is 0 Å². The van der Waals surface area contributed by atoms with Gasteiger partial charge in [0.1, 0.15) is 0 Å². The summed E-state index contributed by atoms with van der Waals surface area (Å²) in [6.45, 7) is 4.53. The molecule has 0 spiro atoms. The van der Waals surface area contributed by atoms with Crippen LogP contribution in [0.5, 0.6) is 0 Å². The number of hydrogen-bond donors (Lipinski definition) is 1. The molecule has 0 aliphatic heterocycles. The summed E-state index contributed by atoms with van der Waals surface area (Å²) in [5, 5.41) is 3.87. The summed E-state index contributed by atoms with van der Waals surface area (Å²) in [7, 11) is 0. The second-order valence-corrected chi connectivity index (χ2v) is 6.03. The fraction of sp³-hybridized carbons (Fsp3) is 0.625. The van der Waals surface area contributed by atoms with Gasteiger partial charge in [0.2, 0.25) is 0 Å². The zero-order valence-corrected chi connectivity index (χ0v) is 10.9. The summed E-state index contributed by atoms with van der Waals surface area (Å²) in [6.07, 6.45) is 5.85. The molecule has 2 bridgehead atoms. The average molecular weight is 229 g/mol. The van der Waals surface area contributed by atoms with Gasteiger partial charge in [0.15, 0.2) is 0 Å². The lowest BCUT2D eigenvalue weighted by Gasteiger charge is -2.27. The fourth-order valence-corrected chi connectivity index (χ4v) is 3.93. The number of hydrogen-bond acceptors (Lipinski definition) is 1. The van der Waals surface area contributed by atoms with Crippen molar-refractivity contribution in [3.8, 4) is 0 Å². The Morgan fingerprint density at radius 3 is 2.65 bits per heavy atom. The Labute approximate surface area is 105 Å². The van der Waals surface area contributed by atoms with Crippen molar-refractivity contribution in [3.05, 3.63) is 35.4 Å². The topological polar surface area (TPSA) is 12.0 Å². The average Bonchev–Trinajstić information content (AvgIpc) is 2.91. The lowest BCUT2D eigenvalue weighted by Crippen LogP contribution is -2.35. The Hall–Kier alpha value is -0.820. The van der Waals surface area contributed by atoms with Crippen molar-refractivity contribution in [2.24, 2.45) is 11.8 Å². The maximum atomic E-state index is 3.87. The van der Waals surface area contributed by atoms with Gasteiger partial charge < -0.3 is 5.32 Å². The number of aryl methyl sites for hydroxylation is 1. The molecule has 92 valence electrons. The highest BCUT2D eigenvalue weighted by molar-refractivity contribution is 5.28. The van der Waals surface area contributed by atoms with Crippen molar-refractivity contribution in [1.82, 2.24) is 5.32 Å². The van der Waals surface area contributed by atoms with Crippen LogP contribution in [0.25, 0.3) is 0 Å². The first-order valence-electron chi connectivity index (χ1n) is 7.05. The Bertz CT molecular complexity index is 398. The maximum absolute atomic E-state index is 3.87. The van der Waals surface area contributed by atoms with Crippen LogP contribution in [0, 0.1) is 18.8 Å².